The van der Waals surface area contributed by atoms with Crippen molar-refractivity contribution < 1.29 is 4.76 Å². The highest BCUT2D eigenvalue weighted by Crippen LogP contribution is 2.22. The average Bonchev–Trinajstić information content (AvgIpc) is 2.74. The highest BCUT2D eigenvalue weighted by molar-refractivity contribution is 5.34. The van der Waals surface area contributed by atoms with E-state index in [2.05, 4.69) is 43.3 Å². The van der Waals surface area contributed by atoms with Crippen molar-refractivity contribution in [1.82, 2.24) is 0 Å². The van der Waals surface area contributed by atoms with Crippen LogP contribution < -0.4 is 0 Å². The highest BCUT2D eigenvalue weighted by Gasteiger charge is 2.06. The van der Waals surface area contributed by atoms with Gasteiger partial charge in [0.15, 0.2) is 13.6 Å². The number of rotatable bonds is 5. The molecule has 0 spiro atoms. The van der Waals surface area contributed by atoms with Crippen LogP contribution in [0, 0.1) is 4.91 Å². The minimum absolute atomic E-state index is 0.563. The van der Waals surface area contributed by atoms with Crippen LogP contribution in [-0.4, -0.2) is 18.4 Å². The maximum atomic E-state index is 10.8. The van der Waals surface area contributed by atoms with Crippen molar-refractivity contribution in [2.24, 2.45) is 0 Å². The Hall–Kier alpha value is -1.70. The van der Waals surface area contributed by atoms with Gasteiger partial charge in [0, 0.05) is 11.3 Å². The highest BCUT2D eigenvalue weighted by atomic mass is 16.3. The van der Waals surface area contributed by atoms with Crippen molar-refractivity contribution in [2.45, 2.75) is 26.2 Å². The summed E-state index contributed by atoms with van der Waals surface area (Å²) in [5, 5.41) is 0. The first-order chi connectivity index (χ1) is 8.63. The maximum Gasteiger partial charge on any atom is 0.195 e. The second kappa shape index (κ2) is 5.76. The van der Waals surface area contributed by atoms with E-state index in [1.54, 1.807) is 7.05 Å². The lowest BCUT2D eigenvalue weighted by atomic mass is 10.0. The van der Waals surface area contributed by atoms with Crippen LogP contribution in [0.5, 0.6) is 0 Å². The van der Waals surface area contributed by atoms with Gasteiger partial charge < -0.3 is 0 Å². The number of nitrogens with zero attached hydrogens (tertiary/aromatic N) is 1. The van der Waals surface area contributed by atoms with Crippen molar-refractivity contribution in [3.63, 3.8) is 0 Å². The molecule has 0 saturated carbocycles. The molecule has 0 unspecified atom stereocenters. The second-order valence-electron chi connectivity index (χ2n) is 5.11. The zero-order valence-electron chi connectivity index (χ0n) is 11.1. The Bertz CT molecular complexity index is 494. The molecule has 0 bridgehead atoms. The fourth-order valence-electron chi connectivity index (χ4n) is 2.23. The molecule has 1 aromatic carbocycles. The van der Waals surface area contributed by atoms with E-state index >= 15 is 0 Å². The van der Waals surface area contributed by atoms with Gasteiger partial charge >= 0.3 is 0 Å². The molecule has 0 radical (unpaired) electrons. The number of benzene rings is 1. The molecular weight excluding hydrogens is 222 g/mol. The molecule has 2 heteroatoms. The number of hydrogen-bond acceptors (Lipinski definition) is 1. The van der Waals surface area contributed by atoms with Crippen molar-refractivity contribution in [1.29, 1.82) is 0 Å². The normalized spacial score (nSPS) is 14.3. The molecule has 2 nitrogen and oxygen atoms in total. The van der Waals surface area contributed by atoms with E-state index in [1.165, 1.54) is 22.3 Å². The lowest BCUT2D eigenvalue weighted by Crippen LogP contribution is -2.05. The van der Waals surface area contributed by atoms with Gasteiger partial charge in [0.2, 0.25) is 0 Å². The Kier molecular flexibility index (Phi) is 4.08. The van der Waals surface area contributed by atoms with E-state index in [0.717, 1.165) is 24.0 Å². The predicted molar refractivity (Wildman–Crippen MR) is 74.7 cm³/mol. The largest absolute Gasteiger partial charge is 0.195 e. The van der Waals surface area contributed by atoms with Crippen molar-refractivity contribution in [3.8, 4) is 0 Å². The van der Waals surface area contributed by atoms with Gasteiger partial charge in [0.25, 0.3) is 0 Å². The molecule has 2 rings (SSSR count). The van der Waals surface area contributed by atoms with E-state index in [-0.39, 0.29) is 0 Å². The summed E-state index contributed by atoms with van der Waals surface area (Å²) >= 11 is 0. The minimum Gasteiger partial charge on any atom is -0.0693 e. The lowest BCUT2D eigenvalue weighted by Gasteiger charge is -2.04. The Labute approximate surface area is 109 Å². The minimum atomic E-state index is 0.563. The summed E-state index contributed by atoms with van der Waals surface area (Å²) in [5.74, 6) is 0. The summed E-state index contributed by atoms with van der Waals surface area (Å²) in [6.45, 7) is 2.74. The summed E-state index contributed by atoms with van der Waals surface area (Å²) in [5.41, 5.74) is 5.51. The Morgan fingerprint density at radius 2 is 1.78 bits per heavy atom. The van der Waals surface area contributed by atoms with E-state index in [4.69, 9.17) is 0 Å². The number of allylic oxidation sites excluding steroid dienone is 4. The predicted octanol–water partition coefficient (Wildman–Crippen LogP) is 3.46. The van der Waals surface area contributed by atoms with E-state index in [1.807, 2.05) is 0 Å². The molecule has 0 atom stereocenters. The van der Waals surface area contributed by atoms with Gasteiger partial charge in [-0.05, 0) is 35.7 Å². The summed E-state index contributed by atoms with van der Waals surface area (Å²) in [6.07, 6.45) is 7.41. The molecule has 1 aromatic rings. The van der Waals surface area contributed by atoms with Crippen LogP contribution in [0.1, 0.15) is 24.5 Å². The first-order valence-electron chi connectivity index (χ1n) is 6.45. The van der Waals surface area contributed by atoms with Gasteiger partial charge in [-0.2, -0.15) is 0 Å². The molecule has 0 heterocycles. The molecule has 18 heavy (non-hydrogen) atoms. The SMILES string of the molecule is CC1=CC=C(Cc2ccc(CC[N+](C)=O)cc2)C1. The molecule has 94 valence electrons. The van der Waals surface area contributed by atoms with Crippen molar-refractivity contribution in [3.05, 3.63) is 63.6 Å². The van der Waals surface area contributed by atoms with E-state index < -0.39 is 0 Å². The standard InChI is InChI=1S/C16H20NO/c1-13-3-4-16(11-13)12-15-7-5-14(6-8-15)9-10-17(2)18/h3-8H,9-12H2,1-2H3/q+1. The quantitative estimate of drug-likeness (QED) is 0.724. The van der Waals surface area contributed by atoms with Crippen molar-refractivity contribution >= 4 is 0 Å². The van der Waals surface area contributed by atoms with Gasteiger partial charge in [-0.1, -0.05) is 47.6 Å². The first-order valence-corrected chi connectivity index (χ1v) is 6.45. The summed E-state index contributed by atoms with van der Waals surface area (Å²) in [7, 11) is 1.57. The van der Waals surface area contributed by atoms with Gasteiger partial charge in [0.05, 0.1) is 0 Å². The van der Waals surface area contributed by atoms with Crippen LogP contribution in [0.15, 0.2) is 47.6 Å². The topological polar surface area (TPSA) is 20.1 Å². The average molecular weight is 242 g/mol. The molecular formula is C16H20NO+. The molecule has 1 aliphatic carbocycles. The zero-order valence-corrected chi connectivity index (χ0v) is 11.1. The molecule has 0 N–H and O–H groups in total. The maximum absolute atomic E-state index is 10.8. The van der Waals surface area contributed by atoms with Gasteiger partial charge in [-0.25, -0.2) is 0 Å². The van der Waals surface area contributed by atoms with Gasteiger partial charge in [0.1, 0.15) is 0 Å². The molecule has 1 aliphatic rings. The molecule has 0 aliphatic heterocycles. The Morgan fingerprint density at radius 1 is 1.11 bits per heavy atom. The smallest absolute Gasteiger partial charge is 0.0693 e. The third-order valence-corrected chi connectivity index (χ3v) is 3.28. The van der Waals surface area contributed by atoms with Crippen LogP contribution >= 0.6 is 0 Å². The summed E-state index contributed by atoms with van der Waals surface area (Å²) in [6, 6.07) is 8.62. The second-order valence-corrected chi connectivity index (χ2v) is 5.11. The lowest BCUT2D eigenvalue weighted by molar-refractivity contribution is -0.518. The zero-order chi connectivity index (χ0) is 13.0. The molecule has 0 aromatic heterocycles. The Morgan fingerprint density at radius 3 is 2.33 bits per heavy atom. The van der Waals surface area contributed by atoms with Crippen molar-refractivity contribution in [2.75, 3.05) is 13.6 Å². The van der Waals surface area contributed by atoms with Crippen LogP contribution in [-0.2, 0) is 12.8 Å². The van der Waals surface area contributed by atoms with Crippen LogP contribution in [0.2, 0.25) is 0 Å². The van der Waals surface area contributed by atoms with Gasteiger partial charge in [-0.3, -0.25) is 0 Å². The summed E-state index contributed by atoms with van der Waals surface area (Å²) in [4.78, 5) is 10.8. The van der Waals surface area contributed by atoms with Crippen LogP contribution in [0.25, 0.3) is 0 Å². The fourth-order valence-corrected chi connectivity index (χ4v) is 2.23. The molecule has 0 fully saturated rings. The number of hydrogen-bond donors (Lipinski definition) is 0. The van der Waals surface area contributed by atoms with Crippen LogP contribution in [0.3, 0.4) is 0 Å². The summed E-state index contributed by atoms with van der Waals surface area (Å²) < 4.78 is 0.978. The number of likely N-dealkylation sites (N-methyl/N-ethyl adjacent to an activating group) is 1. The number of nitroso groups, excluding NO2 is 1. The Balaban J connectivity index is 1.90. The van der Waals surface area contributed by atoms with Crippen LogP contribution in [0.4, 0.5) is 0 Å². The molecule has 0 amide bonds. The third kappa shape index (κ3) is 3.66. The monoisotopic (exact) mass is 242 g/mol. The van der Waals surface area contributed by atoms with E-state index in [9.17, 15) is 4.91 Å². The fraction of sp³-hybridized carbons (Fsp3) is 0.375. The van der Waals surface area contributed by atoms with E-state index in [0.29, 0.717) is 6.54 Å². The molecule has 0 saturated heterocycles. The first kappa shape index (κ1) is 12.7. The third-order valence-electron chi connectivity index (χ3n) is 3.28. The van der Waals surface area contributed by atoms with Gasteiger partial charge in [-0.15, -0.1) is 0 Å².